The highest BCUT2D eigenvalue weighted by Crippen LogP contribution is 2.34. The van der Waals surface area contributed by atoms with Gasteiger partial charge >= 0.3 is 0 Å². The first-order chi connectivity index (χ1) is 13.0. The number of H-pyrrole nitrogens is 1. The third kappa shape index (κ3) is 2.74. The number of ketones is 1. The Hall–Kier alpha value is -2.93. The maximum Gasteiger partial charge on any atom is 0.296 e. The topological polar surface area (TPSA) is 174 Å². The number of aromatic nitrogens is 1. The maximum atomic E-state index is 12.7. The zero-order valence-electron chi connectivity index (χ0n) is 13.8. The molecular formula is C16H12N2O8S2. The van der Waals surface area contributed by atoms with Crippen LogP contribution in [0.25, 0.3) is 11.8 Å². The molecule has 1 aromatic heterocycles. The minimum absolute atomic E-state index is 0.0159. The van der Waals surface area contributed by atoms with Crippen molar-refractivity contribution in [1.82, 2.24) is 4.98 Å². The Balaban J connectivity index is 1.91. The summed E-state index contributed by atoms with van der Waals surface area (Å²) in [7, 11) is -9.05. The average molecular weight is 424 g/mol. The van der Waals surface area contributed by atoms with Gasteiger partial charge in [0.15, 0.2) is 0 Å². The second-order valence-corrected chi connectivity index (χ2v) is 9.04. The number of hydrogen-bond acceptors (Lipinski definition) is 7. The molecule has 28 heavy (non-hydrogen) atoms. The number of aromatic hydroxyl groups is 1. The quantitative estimate of drug-likeness (QED) is 0.398. The molecule has 2 heterocycles. The summed E-state index contributed by atoms with van der Waals surface area (Å²) in [6.07, 6.45) is 2.19. The van der Waals surface area contributed by atoms with Gasteiger partial charge in [0.25, 0.3) is 20.2 Å². The summed E-state index contributed by atoms with van der Waals surface area (Å²) < 4.78 is 64.3. The van der Waals surface area contributed by atoms with Crippen molar-refractivity contribution in [3.63, 3.8) is 0 Å². The van der Waals surface area contributed by atoms with E-state index in [9.17, 15) is 35.8 Å². The molecule has 5 N–H and O–H groups in total. The van der Waals surface area contributed by atoms with E-state index in [1.165, 1.54) is 18.2 Å². The summed E-state index contributed by atoms with van der Waals surface area (Å²) >= 11 is 0. The van der Waals surface area contributed by atoms with Crippen LogP contribution in [0.1, 0.15) is 15.9 Å². The molecular weight excluding hydrogens is 412 g/mol. The number of nitrogens with one attached hydrogen (secondary N) is 2. The van der Waals surface area contributed by atoms with E-state index < -0.39 is 36.7 Å². The minimum atomic E-state index is -4.60. The predicted molar refractivity (Wildman–Crippen MR) is 97.1 cm³/mol. The number of carbonyl (C=O) groups excluding carboxylic acids is 1. The van der Waals surface area contributed by atoms with E-state index in [2.05, 4.69) is 10.3 Å². The van der Waals surface area contributed by atoms with E-state index in [-0.39, 0.29) is 39.2 Å². The molecule has 1 aliphatic heterocycles. The van der Waals surface area contributed by atoms with Gasteiger partial charge in [-0.1, -0.05) is 6.07 Å². The molecule has 0 radical (unpaired) electrons. The van der Waals surface area contributed by atoms with Gasteiger partial charge in [0, 0.05) is 22.9 Å². The molecule has 0 atom stereocenters. The first-order valence-electron chi connectivity index (χ1n) is 7.73. The smallest absolute Gasteiger partial charge is 0.296 e. The molecule has 0 saturated carbocycles. The van der Waals surface area contributed by atoms with Gasteiger partial charge in [-0.15, -0.1) is 0 Å². The molecule has 146 valence electrons. The van der Waals surface area contributed by atoms with Crippen LogP contribution >= 0.6 is 0 Å². The molecule has 0 spiro atoms. The normalized spacial score (nSPS) is 18.1. The highest BCUT2D eigenvalue weighted by Gasteiger charge is 2.32. The lowest BCUT2D eigenvalue weighted by molar-refractivity contribution is 0.105. The molecule has 10 nitrogen and oxygen atoms in total. The van der Waals surface area contributed by atoms with Crippen LogP contribution in [0.4, 0.5) is 5.69 Å². The number of anilines is 1. The summed E-state index contributed by atoms with van der Waals surface area (Å²) in [5, 5.41) is 13.4. The van der Waals surface area contributed by atoms with Gasteiger partial charge in [-0.2, -0.15) is 16.8 Å². The molecule has 2 aliphatic rings. The molecule has 0 amide bonds. The van der Waals surface area contributed by atoms with E-state index in [1.807, 2.05) is 0 Å². The molecule has 1 aromatic carbocycles. The second-order valence-electron chi connectivity index (χ2n) is 6.18. The fourth-order valence-electron chi connectivity index (χ4n) is 3.19. The standard InChI is InChI=1S/C16H12N2O8S2/c19-15-8-2-1-3-11(28(24,25)26)12(8)18-14(15)13-16(20)9-6-7(27(21,22)23)4-5-10(9)17-13/h1-5,17-18,20H,6H2,(H,21,22,23)(H,24,25,26). The monoisotopic (exact) mass is 424 g/mol. The fraction of sp³-hybridized carbons (Fsp3) is 0.0625. The van der Waals surface area contributed by atoms with E-state index in [0.717, 1.165) is 12.1 Å². The number of Topliss-reactive ketones (excluding diaryl/α,β-unsaturated/α-hetero) is 1. The molecule has 0 unspecified atom stereocenters. The van der Waals surface area contributed by atoms with Crippen LogP contribution in [-0.2, 0) is 26.7 Å². The number of aromatic amines is 1. The van der Waals surface area contributed by atoms with Gasteiger partial charge in [-0.3, -0.25) is 13.9 Å². The molecule has 0 bridgehead atoms. The van der Waals surface area contributed by atoms with Gasteiger partial charge in [0.05, 0.1) is 10.6 Å². The van der Waals surface area contributed by atoms with Crippen molar-refractivity contribution in [1.29, 1.82) is 0 Å². The van der Waals surface area contributed by atoms with E-state index >= 15 is 0 Å². The van der Waals surface area contributed by atoms with Crippen LogP contribution < -0.4 is 16.0 Å². The predicted octanol–water partition coefficient (Wildman–Crippen LogP) is -0.508. The molecule has 0 saturated heterocycles. The summed E-state index contributed by atoms with van der Waals surface area (Å²) in [5.74, 6) is -1.05. The number of carbonyl (C=O) groups is 1. The molecule has 2 aromatic rings. The number of para-hydroxylation sites is 1. The van der Waals surface area contributed by atoms with Gasteiger partial charge in [-0.25, -0.2) is 0 Å². The summed E-state index contributed by atoms with van der Waals surface area (Å²) in [6, 6.07) is 3.77. The van der Waals surface area contributed by atoms with E-state index in [0.29, 0.717) is 5.35 Å². The first-order valence-corrected chi connectivity index (χ1v) is 10.6. The number of hydrogen-bond donors (Lipinski definition) is 5. The lowest BCUT2D eigenvalue weighted by Crippen LogP contribution is -2.20. The number of benzene rings is 1. The van der Waals surface area contributed by atoms with E-state index in [4.69, 9.17) is 0 Å². The molecule has 0 fully saturated rings. The largest absolute Gasteiger partial charge is 0.505 e. The molecule has 1 aliphatic carbocycles. The average Bonchev–Trinajstić information content (AvgIpc) is 3.10. The minimum Gasteiger partial charge on any atom is -0.505 e. The number of rotatable bonds is 2. The SMILES string of the molecule is O=C1C(=c2[nH]c3c(c2O)CC(S(=O)(=O)O)=CC=3)Nc2c1cccc2S(=O)(=O)O. The number of fused-ring (bicyclic) bond motifs is 2. The fourth-order valence-corrected chi connectivity index (χ4v) is 4.43. The lowest BCUT2D eigenvalue weighted by atomic mass is 10.1. The molecule has 12 heteroatoms. The van der Waals surface area contributed by atoms with Crippen molar-refractivity contribution >= 4 is 43.5 Å². The first kappa shape index (κ1) is 18.4. The van der Waals surface area contributed by atoms with Crippen LogP contribution in [0, 0.1) is 0 Å². The van der Waals surface area contributed by atoms with Crippen molar-refractivity contribution in [2.24, 2.45) is 0 Å². The van der Waals surface area contributed by atoms with Crippen LogP contribution in [0.3, 0.4) is 0 Å². The van der Waals surface area contributed by atoms with Crippen molar-refractivity contribution in [2.75, 3.05) is 5.32 Å². The lowest BCUT2D eigenvalue weighted by Gasteiger charge is -2.06. The van der Waals surface area contributed by atoms with Crippen LogP contribution in [-0.4, -0.2) is 41.8 Å². The van der Waals surface area contributed by atoms with Crippen LogP contribution in [0.15, 0.2) is 34.1 Å². The highest BCUT2D eigenvalue weighted by atomic mass is 32.2. The molecule has 4 rings (SSSR count). The van der Waals surface area contributed by atoms with Crippen molar-refractivity contribution in [3.8, 4) is 5.75 Å². The second kappa shape index (κ2) is 5.78. The number of allylic oxidation sites excluding steroid dienone is 2. The summed E-state index contributed by atoms with van der Waals surface area (Å²) in [4.78, 5) is 14.7. The van der Waals surface area contributed by atoms with Gasteiger partial charge in [0.1, 0.15) is 21.7 Å². The Morgan fingerprint density at radius 2 is 1.71 bits per heavy atom. The van der Waals surface area contributed by atoms with Crippen molar-refractivity contribution in [3.05, 3.63) is 51.0 Å². The van der Waals surface area contributed by atoms with Crippen molar-refractivity contribution < 1.29 is 35.8 Å². The van der Waals surface area contributed by atoms with Gasteiger partial charge < -0.3 is 15.4 Å². The van der Waals surface area contributed by atoms with E-state index in [1.54, 1.807) is 0 Å². The maximum absolute atomic E-state index is 12.7. The Labute approximate surface area is 158 Å². The summed E-state index contributed by atoms with van der Waals surface area (Å²) in [5.41, 5.74) is -0.159. The van der Waals surface area contributed by atoms with Gasteiger partial charge in [-0.05, 0) is 24.3 Å². The zero-order chi connectivity index (χ0) is 20.4. The Morgan fingerprint density at radius 3 is 2.36 bits per heavy atom. The highest BCUT2D eigenvalue weighted by molar-refractivity contribution is 7.89. The Kier molecular flexibility index (Phi) is 3.81. The van der Waals surface area contributed by atoms with Crippen molar-refractivity contribution in [2.45, 2.75) is 11.3 Å². The summed E-state index contributed by atoms with van der Waals surface area (Å²) in [6.45, 7) is 0. The Bertz CT molecular complexity index is 1430. The van der Waals surface area contributed by atoms with Gasteiger partial charge in [0.2, 0.25) is 5.78 Å². The third-order valence-corrected chi connectivity index (χ3v) is 6.34. The zero-order valence-corrected chi connectivity index (χ0v) is 15.4. The van der Waals surface area contributed by atoms with Crippen LogP contribution in [0.2, 0.25) is 0 Å². The third-order valence-electron chi connectivity index (χ3n) is 4.50. The Morgan fingerprint density at radius 1 is 1.00 bits per heavy atom. The van der Waals surface area contributed by atoms with Crippen LogP contribution in [0.5, 0.6) is 5.75 Å².